The summed E-state index contributed by atoms with van der Waals surface area (Å²) in [7, 11) is 0. The second kappa shape index (κ2) is 4.01. The van der Waals surface area contributed by atoms with Crippen molar-refractivity contribution in [1.29, 1.82) is 0 Å². The molecule has 1 fully saturated rings. The summed E-state index contributed by atoms with van der Waals surface area (Å²) < 4.78 is 0. The lowest BCUT2D eigenvalue weighted by molar-refractivity contribution is -0.123. The first-order chi connectivity index (χ1) is 6.75. The van der Waals surface area contributed by atoms with Crippen molar-refractivity contribution >= 4 is 17.5 Å². The van der Waals surface area contributed by atoms with Crippen molar-refractivity contribution in [3.8, 4) is 0 Å². The number of halogens is 1. The van der Waals surface area contributed by atoms with E-state index < -0.39 is 0 Å². The van der Waals surface area contributed by atoms with E-state index in [1.54, 1.807) is 0 Å². The molecule has 1 amide bonds. The average molecular weight is 210 g/mol. The van der Waals surface area contributed by atoms with Gasteiger partial charge >= 0.3 is 0 Å². The highest BCUT2D eigenvalue weighted by atomic mass is 35.5. The van der Waals surface area contributed by atoms with Crippen LogP contribution in [-0.4, -0.2) is 5.91 Å². The number of rotatable bonds is 1. The number of hydrogen-bond donors (Lipinski definition) is 1. The van der Waals surface area contributed by atoms with Gasteiger partial charge in [-0.1, -0.05) is 23.7 Å². The maximum absolute atomic E-state index is 11.2. The molecule has 1 aliphatic rings. The summed E-state index contributed by atoms with van der Waals surface area (Å²) in [5, 5.41) is 3.70. The lowest BCUT2D eigenvalue weighted by atomic mass is 9.97. The highest BCUT2D eigenvalue weighted by Gasteiger charge is 2.19. The van der Waals surface area contributed by atoms with Crippen LogP contribution in [0.5, 0.6) is 0 Å². The standard InChI is InChI=1S/C11H12ClNO/c12-9-6-4-8(5-7-9)10-2-1-3-11(14)13-10/h4-7,10H,1-3H2,(H,13,14)/t10-/m1/s1. The van der Waals surface area contributed by atoms with Gasteiger partial charge in [0.15, 0.2) is 0 Å². The summed E-state index contributed by atoms with van der Waals surface area (Å²) in [5.41, 5.74) is 1.14. The number of piperidine rings is 1. The normalized spacial score (nSPS) is 21.8. The molecule has 74 valence electrons. The second-order valence-corrected chi connectivity index (χ2v) is 4.00. The number of carbonyl (C=O) groups excluding carboxylic acids is 1. The predicted octanol–water partition coefficient (Wildman–Crippen LogP) is 2.68. The van der Waals surface area contributed by atoms with Crippen LogP contribution in [-0.2, 0) is 4.79 Å². The van der Waals surface area contributed by atoms with E-state index in [-0.39, 0.29) is 11.9 Å². The first kappa shape index (κ1) is 9.53. The first-order valence-electron chi connectivity index (χ1n) is 4.80. The van der Waals surface area contributed by atoms with E-state index in [1.165, 1.54) is 0 Å². The van der Waals surface area contributed by atoms with Gasteiger partial charge in [0.1, 0.15) is 0 Å². The molecular weight excluding hydrogens is 198 g/mol. The molecule has 1 N–H and O–H groups in total. The van der Waals surface area contributed by atoms with Gasteiger partial charge in [0.2, 0.25) is 5.91 Å². The van der Waals surface area contributed by atoms with Gasteiger partial charge in [-0.15, -0.1) is 0 Å². The van der Waals surface area contributed by atoms with Crippen LogP contribution in [0.4, 0.5) is 0 Å². The van der Waals surface area contributed by atoms with Crippen LogP contribution in [0.15, 0.2) is 24.3 Å². The Hall–Kier alpha value is -1.02. The predicted molar refractivity (Wildman–Crippen MR) is 56.2 cm³/mol. The number of amides is 1. The number of carbonyl (C=O) groups is 1. The summed E-state index contributed by atoms with van der Waals surface area (Å²) in [6, 6.07) is 7.83. The fraction of sp³-hybridized carbons (Fsp3) is 0.364. The van der Waals surface area contributed by atoms with E-state index in [0.29, 0.717) is 6.42 Å². The first-order valence-corrected chi connectivity index (χ1v) is 5.18. The van der Waals surface area contributed by atoms with E-state index >= 15 is 0 Å². The summed E-state index contributed by atoms with van der Waals surface area (Å²) in [6.07, 6.45) is 2.65. The highest BCUT2D eigenvalue weighted by Crippen LogP contribution is 2.24. The molecule has 0 spiro atoms. The molecule has 1 atom stereocenters. The molecule has 0 unspecified atom stereocenters. The quantitative estimate of drug-likeness (QED) is 0.757. The van der Waals surface area contributed by atoms with E-state index in [2.05, 4.69) is 5.32 Å². The van der Waals surface area contributed by atoms with Crippen molar-refractivity contribution in [2.45, 2.75) is 25.3 Å². The van der Waals surface area contributed by atoms with Crippen molar-refractivity contribution < 1.29 is 4.79 Å². The second-order valence-electron chi connectivity index (χ2n) is 3.56. The Morgan fingerprint density at radius 1 is 1.29 bits per heavy atom. The van der Waals surface area contributed by atoms with Crippen molar-refractivity contribution in [2.24, 2.45) is 0 Å². The maximum atomic E-state index is 11.2. The molecule has 2 rings (SSSR count). The summed E-state index contributed by atoms with van der Waals surface area (Å²) >= 11 is 5.79. The Bertz CT molecular complexity index is 334. The molecule has 1 aromatic rings. The van der Waals surface area contributed by atoms with Gasteiger partial charge in [0, 0.05) is 11.4 Å². The third kappa shape index (κ3) is 2.07. The van der Waals surface area contributed by atoms with Crippen LogP contribution in [0.3, 0.4) is 0 Å². The molecule has 2 nitrogen and oxygen atoms in total. The topological polar surface area (TPSA) is 29.1 Å². The molecule has 1 heterocycles. The van der Waals surface area contributed by atoms with Gasteiger partial charge in [-0.2, -0.15) is 0 Å². The zero-order chi connectivity index (χ0) is 9.97. The Labute approximate surface area is 88.3 Å². The zero-order valence-electron chi connectivity index (χ0n) is 7.79. The number of nitrogens with one attached hydrogen (secondary N) is 1. The van der Waals surface area contributed by atoms with Crippen LogP contribution in [0.2, 0.25) is 5.02 Å². The largest absolute Gasteiger partial charge is 0.349 e. The van der Waals surface area contributed by atoms with Crippen LogP contribution in [0.25, 0.3) is 0 Å². The van der Waals surface area contributed by atoms with Crippen LogP contribution >= 0.6 is 11.6 Å². The third-order valence-corrected chi connectivity index (χ3v) is 2.76. The highest BCUT2D eigenvalue weighted by molar-refractivity contribution is 6.30. The molecule has 0 aliphatic carbocycles. The Balaban J connectivity index is 2.14. The molecule has 14 heavy (non-hydrogen) atoms. The molecule has 1 aliphatic heterocycles. The molecule has 0 radical (unpaired) electrons. The fourth-order valence-corrected chi connectivity index (χ4v) is 1.88. The SMILES string of the molecule is O=C1CCC[C@H](c2ccc(Cl)cc2)N1. The summed E-state index contributed by atoms with van der Waals surface area (Å²) in [6.45, 7) is 0. The lowest BCUT2D eigenvalue weighted by Gasteiger charge is -2.23. The van der Waals surface area contributed by atoms with Gasteiger partial charge in [0.25, 0.3) is 0 Å². The van der Waals surface area contributed by atoms with Gasteiger partial charge in [-0.25, -0.2) is 0 Å². The Kier molecular flexibility index (Phi) is 2.73. The Morgan fingerprint density at radius 3 is 2.64 bits per heavy atom. The van der Waals surface area contributed by atoms with Crippen molar-refractivity contribution in [1.82, 2.24) is 5.32 Å². The third-order valence-electron chi connectivity index (χ3n) is 2.50. The molecular formula is C11H12ClNO. The molecule has 0 aromatic heterocycles. The van der Waals surface area contributed by atoms with Gasteiger partial charge in [0.05, 0.1) is 6.04 Å². The smallest absolute Gasteiger partial charge is 0.220 e. The van der Waals surface area contributed by atoms with E-state index in [4.69, 9.17) is 11.6 Å². The fourth-order valence-electron chi connectivity index (χ4n) is 1.75. The monoisotopic (exact) mass is 209 g/mol. The van der Waals surface area contributed by atoms with E-state index in [0.717, 1.165) is 23.4 Å². The van der Waals surface area contributed by atoms with Crippen LogP contribution in [0, 0.1) is 0 Å². The Morgan fingerprint density at radius 2 is 2.00 bits per heavy atom. The average Bonchev–Trinajstić information content (AvgIpc) is 2.19. The minimum absolute atomic E-state index is 0.149. The maximum Gasteiger partial charge on any atom is 0.220 e. The molecule has 1 aromatic carbocycles. The number of hydrogen-bond acceptors (Lipinski definition) is 1. The van der Waals surface area contributed by atoms with Gasteiger partial charge < -0.3 is 5.32 Å². The van der Waals surface area contributed by atoms with E-state index in [9.17, 15) is 4.79 Å². The zero-order valence-corrected chi connectivity index (χ0v) is 8.55. The van der Waals surface area contributed by atoms with E-state index in [1.807, 2.05) is 24.3 Å². The summed E-state index contributed by atoms with van der Waals surface area (Å²) in [4.78, 5) is 11.2. The van der Waals surface area contributed by atoms with Gasteiger partial charge in [-0.3, -0.25) is 4.79 Å². The van der Waals surface area contributed by atoms with Crippen molar-refractivity contribution in [3.05, 3.63) is 34.9 Å². The molecule has 1 saturated heterocycles. The minimum atomic E-state index is 0.149. The van der Waals surface area contributed by atoms with Crippen molar-refractivity contribution in [3.63, 3.8) is 0 Å². The van der Waals surface area contributed by atoms with Crippen molar-refractivity contribution in [2.75, 3.05) is 0 Å². The van der Waals surface area contributed by atoms with Crippen LogP contribution in [0.1, 0.15) is 30.9 Å². The molecule has 0 bridgehead atoms. The summed E-state index contributed by atoms with van der Waals surface area (Å²) in [5.74, 6) is 0.149. The molecule has 0 saturated carbocycles. The van der Waals surface area contributed by atoms with Crippen LogP contribution < -0.4 is 5.32 Å². The lowest BCUT2D eigenvalue weighted by Crippen LogP contribution is -2.32. The van der Waals surface area contributed by atoms with Gasteiger partial charge in [-0.05, 0) is 30.5 Å². The number of benzene rings is 1. The molecule has 3 heteroatoms. The minimum Gasteiger partial charge on any atom is -0.349 e.